The molecule has 0 aromatic heterocycles. The number of carbonyl (C=O) groups excluding carboxylic acids is 1. The fourth-order valence-electron chi connectivity index (χ4n) is 1.23. The zero-order valence-corrected chi connectivity index (χ0v) is 9.68. The predicted molar refractivity (Wildman–Crippen MR) is 56.6 cm³/mol. The second-order valence-electron chi connectivity index (χ2n) is 4.49. The Bertz CT molecular complexity index is 158. The van der Waals surface area contributed by atoms with Gasteiger partial charge >= 0.3 is 0 Å². The average Bonchev–Trinajstić information content (AvgIpc) is 2.04. The molecule has 0 aromatic carbocycles. The van der Waals surface area contributed by atoms with Crippen molar-refractivity contribution < 1.29 is 4.79 Å². The van der Waals surface area contributed by atoms with E-state index in [9.17, 15) is 4.79 Å². The van der Waals surface area contributed by atoms with Crippen LogP contribution in [0.4, 0.5) is 0 Å². The summed E-state index contributed by atoms with van der Waals surface area (Å²) in [7, 11) is 0. The third-order valence-electron chi connectivity index (χ3n) is 2.09. The lowest BCUT2D eigenvalue weighted by Crippen LogP contribution is -2.39. The molecule has 2 heteroatoms. The van der Waals surface area contributed by atoms with Crippen molar-refractivity contribution in [2.24, 2.45) is 5.41 Å². The van der Waals surface area contributed by atoms with Gasteiger partial charge in [-0.05, 0) is 13.3 Å². The van der Waals surface area contributed by atoms with Crippen LogP contribution < -0.4 is 0 Å². The van der Waals surface area contributed by atoms with Crippen LogP contribution >= 0.6 is 0 Å². The van der Waals surface area contributed by atoms with Gasteiger partial charge in [-0.3, -0.25) is 4.79 Å². The van der Waals surface area contributed by atoms with E-state index >= 15 is 0 Å². The molecule has 1 amide bonds. The first-order valence-corrected chi connectivity index (χ1v) is 5.22. The number of rotatable bonds is 4. The largest absolute Gasteiger partial charge is 0.343 e. The van der Waals surface area contributed by atoms with Gasteiger partial charge in [-0.1, -0.05) is 34.1 Å². The molecule has 0 bridgehead atoms. The monoisotopic (exact) mass is 185 g/mol. The average molecular weight is 185 g/mol. The van der Waals surface area contributed by atoms with Gasteiger partial charge in [0.05, 0.1) is 0 Å². The van der Waals surface area contributed by atoms with E-state index in [0.717, 1.165) is 25.9 Å². The zero-order chi connectivity index (χ0) is 10.5. The van der Waals surface area contributed by atoms with Crippen LogP contribution in [0.25, 0.3) is 0 Å². The molecule has 2 nitrogen and oxygen atoms in total. The van der Waals surface area contributed by atoms with Crippen molar-refractivity contribution in [3.63, 3.8) is 0 Å². The van der Waals surface area contributed by atoms with Gasteiger partial charge in [0.1, 0.15) is 0 Å². The minimum absolute atomic E-state index is 0.232. The number of hydrogen-bond acceptors (Lipinski definition) is 1. The normalized spacial score (nSPS) is 11.5. The van der Waals surface area contributed by atoms with E-state index in [-0.39, 0.29) is 11.3 Å². The van der Waals surface area contributed by atoms with Crippen LogP contribution in [0.2, 0.25) is 0 Å². The molecule has 0 heterocycles. The van der Waals surface area contributed by atoms with Crippen LogP contribution in [0, 0.1) is 5.41 Å². The molecule has 0 atom stereocenters. The summed E-state index contributed by atoms with van der Waals surface area (Å²) in [6.45, 7) is 11.9. The summed E-state index contributed by atoms with van der Waals surface area (Å²) in [6, 6.07) is 0. The van der Waals surface area contributed by atoms with Crippen molar-refractivity contribution in [1.82, 2.24) is 4.90 Å². The first kappa shape index (κ1) is 12.5. The van der Waals surface area contributed by atoms with Gasteiger partial charge in [-0.25, -0.2) is 0 Å². The van der Waals surface area contributed by atoms with Crippen LogP contribution in [0.5, 0.6) is 0 Å². The van der Waals surface area contributed by atoms with E-state index in [1.807, 2.05) is 32.6 Å². The number of amides is 1. The van der Waals surface area contributed by atoms with Crippen LogP contribution in [0.15, 0.2) is 0 Å². The first-order chi connectivity index (χ1) is 5.93. The van der Waals surface area contributed by atoms with E-state index in [4.69, 9.17) is 0 Å². The van der Waals surface area contributed by atoms with E-state index in [1.165, 1.54) is 0 Å². The Hall–Kier alpha value is -0.530. The Morgan fingerprint density at radius 1 is 1.23 bits per heavy atom. The molecule has 0 unspecified atom stereocenters. The molecule has 0 saturated heterocycles. The highest BCUT2D eigenvalue weighted by Crippen LogP contribution is 2.17. The van der Waals surface area contributed by atoms with Crippen LogP contribution in [-0.2, 0) is 4.79 Å². The van der Waals surface area contributed by atoms with E-state index in [1.54, 1.807) is 0 Å². The Morgan fingerprint density at radius 3 is 2.08 bits per heavy atom. The van der Waals surface area contributed by atoms with Crippen molar-refractivity contribution in [1.29, 1.82) is 0 Å². The third kappa shape index (κ3) is 4.30. The number of nitrogens with zero attached hydrogens (tertiary/aromatic N) is 1. The summed E-state index contributed by atoms with van der Waals surface area (Å²) < 4.78 is 0. The summed E-state index contributed by atoms with van der Waals surface area (Å²) in [4.78, 5) is 13.8. The Balaban J connectivity index is 4.16. The van der Waals surface area contributed by atoms with Gasteiger partial charge in [0.15, 0.2) is 0 Å². The molecule has 13 heavy (non-hydrogen) atoms. The molecule has 0 rings (SSSR count). The van der Waals surface area contributed by atoms with Gasteiger partial charge in [-0.2, -0.15) is 0 Å². The molecule has 0 aromatic rings. The maximum atomic E-state index is 11.8. The Labute approximate surface area is 82.3 Å². The lowest BCUT2D eigenvalue weighted by atomic mass is 9.94. The molecule has 0 aliphatic heterocycles. The summed E-state index contributed by atoms with van der Waals surface area (Å²) in [6.07, 6.45) is 2.25. The van der Waals surface area contributed by atoms with Crippen molar-refractivity contribution in [2.45, 2.75) is 47.5 Å². The molecule has 0 N–H and O–H groups in total. The lowest BCUT2D eigenvalue weighted by molar-refractivity contribution is -0.139. The van der Waals surface area contributed by atoms with Crippen molar-refractivity contribution >= 4 is 5.91 Å². The molecular weight excluding hydrogens is 162 g/mol. The molecule has 0 spiro atoms. The van der Waals surface area contributed by atoms with Crippen molar-refractivity contribution in [3.05, 3.63) is 0 Å². The van der Waals surface area contributed by atoms with Gasteiger partial charge in [0, 0.05) is 18.5 Å². The van der Waals surface area contributed by atoms with Crippen LogP contribution in [0.3, 0.4) is 0 Å². The summed E-state index contributed by atoms with van der Waals surface area (Å²) in [5.41, 5.74) is -0.232. The first-order valence-electron chi connectivity index (χ1n) is 5.22. The molecule has 0 radical (unpaired) electrons. The highest BCUT2D eigenvalue weighted by atomic mass is 16.2. The lowest BCUT2D eigenvalue weighted by Gasteiger charge is -2.28. The predicted octanol–water partition coefficient (Wildman–Crippen LogP) is 2.68. The minimum atomic E-state index is -0.232. The number of unbranched alkanes of at least 4 members (excludes halogenated alkanes) is 1. The quantitative estimate of drug-likeness (QED) is 0.659. The van der Waals surface area contributed by atoms with Crippen molar-refractivity contribution in [2.75, 3.05) is 13.1 Å². The molecule has 0 aliphatic carbocycles. The number of carbonyl (C=O) groups is 1. The topological polar surface area (TPSA) is 20.3 Å². The number of hydrogen-bond donors (Lipinski definition) is 0. The Kier molecular flexibility index (Phi) is 5.04. The summed E-state index contributed by atoms with van der Waals surface area (Å²) >= 11 is 0. The van der Waals surface area contributed by atoms with Gasteiger partial charge in [-0.15, -0.1) is 0 Å². The van der Waals surface area contributed by atoms with Crippen LogP contribution in [0.1, 0.15) is 47.5 Å². The molecule has 0 aliphatic rings. The smallest absolute Gasteiger partial charge is 0.227 e. The maximum absolute atomic E-state index is 11.8. The van der Waals surface area contributed by atoms with Crippen LogP contribution in [-0.4, -0.2) is 23.9 Å². The fraction of sp³-hybridized carbons (Fsp3) is 0.909. The second-order valence-corrected chi connectivity index (χ2v) is 4.49. The van der Waals surface area contributed by atoms with Gasteiger partial charge < -0.3 is 4.90 Å². The second kappa shape index (κ2) is 5.25. The highest BCUT2D eigenvalue weighted by molar-refractivity contribution is 5.81. The molecule has 78 valence electrons. The van der Waals surface area contributed by atoms with E-state index < -0.39 is 0 Å². The fourth-order valence-corrected chi connectivity index (χ4v) is 1.23. The van der Waals surface area contributed by atoms with Gasteiger partial charge in [0.2, 0.25) is 5.91 Å². The Morgan fingerprint density at radius 2 is 1.77 bits per heavy atom. The minimum Gasteiger partial charge on any atom is -0.343 e. The van der Waals surface area contributed by atoms with E-state index in [0.29, 0.717) is 0 Å². The third-order valence-corrected chi connectivity index (χ3v) is 2.09. The standard InChI is InChI=1S/C11H23NO/c1-6-8-9-12(7-2)10(13)11(3,4)5/h6-9H2,1-5H3. The maximum Gasteiger partial charge on any atom is 0.227 e. The highest BCUT2D eigenvalue weighted by Gasteiger charge is 2.25. The van der Waals surface area contributed by atoms with E-state index in [2.05, 4.69) is 6.92 Å². The molecule has 0 saturated carbocycles. The SMILES string of the molecule is CCCCN(CC)C(=O)C(C)(C)C. The van der Waals surface area contributed by atoms with Crippen molar-refractivity contribution in [3.8, 4) is 0 Å². The summed E-state index contributed by atoms with van der Waals surface area (Å²) in [5.74, 6) is 0.267. The summed E-state index contributed by atoms with van der Waals surface area (Å²) in [5, 5.41) is 0. The molecular formula is C11H23NO. The molecule has 0 fully saturated rings. The van der Waals surface area contributed by atoms with Gasteiger partial charge in [0.25, 0.3) is 0 Å². The zero-order valence-electron chi connectivity index (χ0n) is 9.68.